The Hall–Kier alpha value is -4.75. The number of rotatable bonds is 12. The number of carboxylic acids is 1. The first-order chi connectivity index (χ1) is 20.0. The SMILES string of the molecule is CC(=O)O.COc1ccc(C(C)=O)cc1CC(=O)NC(C(=O)NCC(=O)CNC(=O)c1ccccc1C(F)(F)F)C(C)C. The van der Waals surface area contributed by atoms with Gasteiger partial charge in [-0.05, 0) is 43.2 Å². The van der Waals surface area contributed by atoms with Crippen LogP contribution in [-0.4, -0.2) is 66.6 Å². The summed E-state index contributed by atoms with van der Waals surface area (Å²) in [6, 6.07) is 7.82. The molecule has 0 aromatic heterocycles. The standard InChI is InChI=1S/C27H30F3N3O6.C2H4O2/c1-15(2)24(33-23(36)12-18-11-17(16(3)34)9-10-22(18)39-4)26(38)32-14-19(35)13-31-25(37)20-7-5-6-8-21(20)27(28,29)30;1-2(3)4/h5-11,15,24H,12-14H2,1-4H3,(H,31,37)(H,32,38)(H,33,36);1H3,(H,3,4). The summed E-state index contributed by atoms with van der Waals surface area (Å²) in [5.41, 5.74) is -0.924. The lowest BCUT2D eigenvalue weighted by molar-refractivity contribution is -0.138. The van der Waals surface area contributed by atoms with Crippen LogP contribution in [-0.2, 0) is 31.8 Å². The summed E-state index contributed by atoms with van der Waals surface area (Å²) < 4.78 is 44.6. The monoisotopic (exact) mass is 609 g/mol. The van der Waals surface area contributed by atoms with Crippen LogP contribution in [0.25, 0.3) is 0 Å². The Balaban J connectivity index is 0.00000217. The number of ether oxygens (including phenoxy) is 1. The van der Waals surface area contributed by atoms with Crippen molar-refractivity contribution in [2.24, 2.45) is 5.92 Å². The van der Waals surface area contributed by atoms with E-state index < -0.39 is 65.9 Å². The molecule has 0 bridgehead atoms. The minimum atomic E-state index is -4.75. The van der Waals surface area contributed by atoms with Crippen LogP contribution in [0.2, 0.25) is 0 Å². The first kappa shape index (κ1) is 36.3. The molecule has 0 saturated carbocycles. The number of hydrogen-bond acceptors (Lipinski definition) is 7. The molecule has 0 spiro atoms. The number of benzene rings is 2. The van der Waals surface area contributed by atoms with Gasteiger partial charge in [0.25, 0.3) is 11.9 Å². The van der Waals surface area contributed by atoms with E-state index in [1.54, 1.807) is 26.0 Å². The van der Waals surface area contributed by atoms with E-state index in [-0.39, 0.29) is 18.1 Å². The number of carbonyl (C=O) groups is 6. The van der Waals surface area contributed by atoms with Gasteiger partial charge in [0.1, 0.15) is 11.8 Å². The molecule has 234 valence electrons. The number of aliphatic carboxylic acids is 1. The topological polar surface area (TPSA) is 168 Å². The fraction of sp³-hybridized carbons (Fsp3) is 0.379. The third kappa shape index (κ3) is 12.3. The second kappa shape index (κ2) is 16.6. The largest absolute Gasteiger partial charge is 0.496 e. The highest BCUT2D eigenvalue weighted by atomic mass is 19.4. The van der Waals surface area contributed by atoms with Gasteiger partial charge in [0.15, 0.2) is 11.6 Å². The summed E-state index contributed by atoms with van der Waals surface area (Å²) in [6.07, 6.45) is -4.92. The lowest BCUT2D eigenvalue weighted by Gasteiger charge is -2.22. The van der Waals surface area contributed by atoms with Gasteiger partial charge in [-0.1, -0.05) is 26.0 Å². The second-order valence-corrected chi connectivity index (χ2v) is 9.55. The molecule has 43 heavy (non-hydrogen) atoms. The second-order valence-electron chi connectivity index (χ2n) is 9.55. The fourth-order valence-electron chi connectivity index (χ4n) is 3.63. The van der Waals surface area contributed by atoms with Gasteiger partial charge >= 0.3 is 6.18 Å². The molecule has 0 fully saturated rings. The molecule has 1 atom stereocenters. The fourth-order valence-corrected chi connectivity index (χ4v) is 3.63. The number of Topliss-reactive ketones (excluding diaryl/α,β-unsaturated/α-hetero) is 2. The van der Waals surface area contributed by atoms with Gasteiger partial charge in [0.05, 0.1) is 37.7 Å². The van der Waals surface area contributed by atoms with E-state index in [1.165, 1.54) is 26.2 Å². The molecular formula is C29H34F3N3O8. The maximum atomic E-state index is 13.1. The predicted octanol–water partition coefficient (Wildman–Crippen LogP) is 2.81. The first-order valence-corrected chi connectivity index (χ1v) is 12.9. The van der Waals surface area contributed by atoms with Crippen molar-refractivity contribution < 1.29 is 51.8 Å². The van der Waals surface area contributed by atoms with Gasteiger partial charge in [-0.2, -0.15) is 13.2 Å². The van der Waals surface area contributed by atoms with E-state index in [9.17, 15) is 37.1 Å². The zero-order valence-electron chi connectivity index (χ0n) is 24.3. The first-order valence-electron chi connectivity index (χ1n) is 12.9. The highest BCUT2D eigenvalue weighted by Crippen LogP contribution is 2.31. The molecule has 11 nitrogen and oxygen atoms in total. The maximum absolute atomic E-state index is 13.1. The average Bonchev–Trinajstić information content (AvgIpc) is 2.92. The molecule has 0 aliphatic heterocycles. The third-order valence-electron chi connectivity index (χ3n) is 5.69. The van der Waals surface area contributed by atoms with Crippen LogP contribution < -0.4 is 20.7 Å². The van der Waals surface area contributed by atoms with Crippen molar-refractivity contribution in [3.63, 3.8) is 0 Å². The minimum absolute atomic E-state index is 0.175. The summed E-state index contributed by atoms with van der Waals surface area (Å²) in [4.78, 5) is 70.5. The van der Waals surface area contributed by atoms with Crippen LogP contribution in [0.1, 0.15) is 59.5 Å². The van der Waals surface area contributed by atoms with Crippen molar-refractivity contribution in [2.45, 2.75) is 46.3 Å². The zero-order valence-corrected chi connectivity index (χ0v) is 24.3. The summed E-state index contributed by atoms with van der Waals surface area (Å²) in [7, 11) is 1.42. The average molecular weight is 610 g/mol. The highest BCUT2D eigenvalue weighted by Gasteiger charge is 2.35. The van der Waals surface area contributed by atoms with E-state index in [2.05, 4.69) is 16.0 Å². The van der Waals surface area contributed by atoms with E-state index in [0.717, 1.165) is 25.1 Å². The molecule has 4 N–H and O–H groups in total. The maximum Gasteiger partial charge on any atom is 0.417 e. The van der Waals surface area contributed by atoms with Crippen LogP contribution in [0.15, 0.2) is 42.5 Å². The zero-order chi connectivity index (χ0) is 32.9. The van der Waals surface area contributed by atoms with Crippen LogP contribution in [0.4, 0.5) is 13.2 Å². The van der Waals surface area contributed by atoms with Crippen molar-refractivity contribution in [2.75, 3.05) is 20.2 Å². The lowest BCUT2D eigenvalue weighted by atomic mass is 10.0. The summed E-state index contributed by atoms with van der Waals surface area (Å²) in [6.45, 7) is 4.70. The van der Waals surface area contributed by atoms with Crippen molar-refractivity contribution in [3.8, 4) is 5.75 Å². The van der Waals surface area contributed by atoms with E-state index in [0.29, 0.717) is 16.9 Å². The van der Waals surface area contributed by atoms with E-state index in [1.807, 2.05) is 0 Å². The Morgan fingerprint density at radius 1 is 0.930 bits per heavy atom. The van der Waals surface area contributed by atoms with Gasteiger partial charge in [0.2, 0.25) is 11.8 Å². The molecule has 1 unspecified atom stereocenters. The van der Waals surface area contributed by atoms with Gasteiger partial charge in [-0.3, -0.25) is 28.8 Å². The number of hydrogen-bond donors (Lipinski definition) is 4. The van der Waals surface area contributed by atoms with Crippen LogP contribution in [0.3, 0.4) is 0 Å². The predicted molar refractivity (Wildman–Crippen MR) is 149 cm³/mol. The number of carbonyl (C=O) groups excluding carboxylic acids is 5. The van der Waals surface area contributed by atoms with Crippen LogP contribution in [0.5, 0.6) is 5.75 Å². The Bertz CT molecular complexity index is 1340. The molecule has 0 heterocycles. The Morgan fingerprint density at radius 2 is 1.51 bits per heavy atom. The van der Waals surface area contributed by atoms with Gasteiger partial charge in [-0.25, -0.2) is 0 Å². The quantitative estimate of drug-likeness (QED) is 0.267. The van der Waals surface area contributed by atoms with Gasteiger partial charge in [0, 0.05) is 18.1 Å². The van der Waals surface area contributed by atoms with Crippen molar-refractivity contribution in [1.82, 2.24) is 16.0 Å². The molecule has 2 aromatic carbocycles. The van der Waals surface area contributed by atoms with Crippen molar-refractivity contribution in [1.29, 1.82) is 0 Å². The summed E-state index contributed by atoms with van der Waals surface area (Å²) >= 11 is 0. The lowest BCUT2D eigenvalue weighted by Crippen LogP contribution is -2.51. The molecule has 0 radical (unpaired) electrons. The normalized spacial score (nSPS) is 11.4. The number of ketones is 2. The molecule has 3 amide bonds. The molecule has 0 saturated heterocycles. The summed E-state index contributed by atoms with van der Waals surface area (Å²) in [5, 5.41) is 14.5. The molecule has 14 heteroatoms. The smallest absolute Gasteiger partial charge is 0.417 e. The highest BCUT2D eigenvalue weighted by molar-refractivity contribution is 5.99. The molecule has 2 aromatic rings. The number of halogens is 3. The Morgan fingerprint density at radius 3 is 2.05 bits per heavy atom. The molecule has 2 rings (SSSR count). The number of nitrogens with one attached hydrogen (secondary N) is 3. The summed E-state index contributed by atoms with van der Waals surface area (Å²) in [5.74, 6) is -3.93. The van der Waals surface area contributed by atoms with Gasteiger partial charge < -0.3 is 25.8 Å². The Kier molecular flexibility index (Phi) is 14.0. The van der Waals surface area contributed by atoms with Crippen molar-refractivity contribution in [3.05, 3.63) is 64.7 Å². The molecular weight excluding hydrogens is 575 g/mol. The van der Waals surface area contributed by atoms with E-state index in [4.69, 9.17) is 14.6 Å². The minimum Gasteiger partial charge on any atom is -0.496 e. The van der Waals surface area contributed by atoms with Crippen LogP contribution >= 0.6 is 0 Å². The molecule has 0 aliphatic rings. The number of amides is 3. The van der Waals surface area contributed by atoms with E-state index >= 15 is 0 Å². The third-order valence-corrected chi connectivity index (χ3v) is 5.69. The number of carboxylic acid groups (broad SMARTS) is 1. The molecule has 0 aliphatic carbocycles. The Labute approximate surface area is 246 Å². The number of alkyl halides is 3. The van der Waals surface area contributed by atoms with Crippen molar-refractivity contribution >= 4 is 35.3 Å². The van der Waals surface area contributed by atoms with Gasteiger partial charge in [-0.15, -0.1) is 0 Å². The number of methoxy groups -OCH3 is 1. The van der Waals surface area contributed by atoms with Crippen LogP contribution in [0, 0.1) is 5.92 Å².